The Morgan fingerprint density at radius 1 is 0.800 bits per heavy atom. The molecule has 0 fully saturated rings. The Morgan fingerprint density at radius 3 is 1.80 bits per heavy atom. The lowest BCUT2D eigenvalue weighted by atomic mass is 10.2. The highest BCUT2D eigenvalue weighted by Crippen LogP contribution is 2.49. The molecule has 20 heavy (non-hydrogen) atoms. The van der Waals surface area contributed by atoms with E-state index in [1.54, 1.807) is 5.31 Å². The molecule has 0 saturated heterocycles. The summed E-state index contributed by atoms with van der Waals surface area (Å²) in [5.74, 6) is 0. The summed E-state index contributed by atoms with van der Waals surface area (Å²) in [6.07, 6.45) is 25.7. The first-order valence-corrected chi connectivity index (χ1v) is 10.7. The Hall–Kier alpha value is -0.0900. The minimum absolute atomic E-state index is 0.195. The quantitative estimate of drug-likeness (QED) is 0.248. The van der Waals surface area contributed by atoms with E-state index >= 15 is 0 Å². The van der Waals surface area contributed by atoms with Crippen LogP contribution in [0.5, 0.6) is 0 Å². The number of hydrogen-bond donors (Lipinski definition) is 0. The molecular weight excluding hydrogens is 259 g/mol. The fraction of sp³-hybridized carbons (Fsp3) is 0.789. The van der Waals surface area contributed by atoms with Crippen molar-refractivity contribution < 1.29 is 0 Å². The fourth-order valence-electron chi connectivity index (χ4n) is 2.88. The largest absolute Gasteiger partial charge is 0.0801 e. The van der Waals surface area contributed by atoms with Crippen molar-refractivity contribution >= 4 is 7.92 Å². The van der Waals surface area contributed by atoms with Crippen LogP contribution in [0.15, 0.2) is 23.5 Å². The van der Waals surface area contributed by atoms with E-state index in [1.165, 1.54) is 83.0 Å². The Kier molecular flexibility index (Phi) is 11.3. The van der Waals surface area contributed by atoms with Crippen LogP contribution in [-0.2, 0) is 0 Å². The van der Waals surface area contributed by atoms with Gasteiger partial charge in [0.15, 0.2) is 0 Å². The first-order valence-electron chi connectivity index (χ1n) is 8.99. The van der Waals surface area contributed by atoms with Gasteiger partial charge in [-0.3, -0.25) is 0 Å². The van der Waals surface area contributed by atoms with Crippen molar-refractivity contribution in [1.29, 1.82) is 0 Å². The highest BCUT2D eigenvalue weighted by molar-refractivity contribution is 7.62. The van der Waals surface area contributed by atoms with Gasteiger partial charge in [-0.15, -0.1) is 0 Å². The molecule has 0 N–H and O–H groups in total. The zero-order chi connectivity index (χ0) is 14.5. The predicted molar refractivity (Wildman–Crippen MR) is 96.0 cm³/mol. The van der Waals surface area contributed by atoms with Crippen LogP contribution in [0.4, 0.5) is 0 Å². The molecule has 1 rings (SSSR count). The van der Waals surface area contributed by atoms with Crippen LogP contribution in [0, 0.1) is 0 Å². The average molecular weight is 294 g/mol. The second-order valence-electron chi connectivity index (χ2n) is 6.11. The third-order valence-electron chi connectivity index (χ3n) is 4.22. The molecule has 0 aliphatic heterocycles. The summed E-state index contributed by atoms with van der Waals surface area (Å²) in [6.45, 7) is 4.61. The Morgan fingerprint density at radius 2 is 1.35 bits per heavy atom. The number of allylic oxidation sites excluding steroid dienone is 4. The van der Waals surface area contributed by atoms with Crippen LogP contribution >= 0.6 is 7.92 Å². The highest BCUT2D eigenvalue weighted by Gasteiger charge is 2.13. The molecule has 0 aromatic heterocycles. The number of unbranched alkanes of at least 4 members (excludes halogenated alkanes) is 8. The molecule has 0 saturated carbocycles. The Labute approximate surface area is 128 Å². The molecule has 0 heterocycles. The number of rotatable bonds is 13. The standard InChI is InChI=1S/C19H35P/c1-3-5-7-9-13-17-20(19-15-11-12-16-19)18-14-10-8-6-4-2/h11-12,15H,3-10,13-14,16-18H2,1-2H3. The molecule has 1 aliphatic carbocycles. The third-order valence-corrected chi connectivity index (χ3v) is 7.08. The van der Waals surface area contributed by atoms with Gasteiger partial charge >= 0.3 is 0 Å². The molecule has 0 aromatic carbocycles. The van der Waals surface area contributed by atoms with E-state index in [1.807, 2.05) is 0 Å². The van der Waals surface area contributed by atoms with Crippen molar-refractivity contribution in [1.82, 2.24) is 0 Å². The monoisotopic (exact) mass is 294 g/mol. The van der Waals surface area contributed by atoms with E-state index in [9.17, 15) is 0 Å². The normalized spacial score (nSPS) is 14.2. The van der Waals surface area contributed by atoms with Crippen molar-refractivity contribution in [3.05, 3.63) is 23.5 Å². The predicted octanol–water partition coefficient (Wildman–Crippen LogP) is 7.25. The summed E-state index contributed by atoms with van der Waals surface area (Å²) < 4.78 is 0. The van der Waals surface area contributed by atoms with E-state index < -0.39 is 0 Å². The maximum atomic E-state index is 2.42. The van der Waals surface area contributed by atoms with Crippen LogP contribution in [-0.4, -0.2) is 12.3 Å². The van der Waals surface area contributed by atoms with Gasteiger partial charge in [0, 0.05) is 0 Å². The van der Waals surface area contributed by atoms with Crippen LogP contribution in [0.3, 0.4) is 0 Å². The summed E-state index contributed by atoms with van der Waals surface area (Å²) in [7, 11) is 0.195. The van der Waals surface area contributed by atoms with Crippen molar-refractivity contribution in [2.45, 2.75) is 84.5 Å². The van der Waals surface area contributed by atoms with Crippen molar-refractivity contribution in [2.75, 3.05) is 12.3 Å². The molecule has 1 aliphatic rings. The molecule has 0 unspecified atom stereocenters. The van der Waals surface area contributed by atoms with Crippen molar-refractivity contribution in [2.24, 2.45) is 0 Å². The molecule has 1 heteroatoms. The van der Waals surface area contributed by atoms with Gasteiger partial charge < -0.3 is 0 Å². The lowest BCUT2D eigenvalue weighted by Gasteiger charge is -2.19. The molecule has 0 spiro atoms. The molecule has 116 valence electrons. The fourth-order valence-corrected chi connectivity index (χ4v) is 5.55. The first-order chi connectivity index (χ1) is 9.88. The molecule has 0 amide bonds. The first kappa shape index (κ1) is 18.0. The lowest BCUT2D eigenvalue weighted by molar-refractivity contribution is 0.652. The molecule has 0 radical (unpaired) electrons. The summed E-state index contributed by atoms with van der Waals surface area (Å²) in [5, 5.41) is 1.78. The van der Waals surface area contributed by atoms with Gasteiger partial charge in [-0.05, 0) is 36.9 Å². The number of hydrogen-bond acceptors (Lipinski definition) is 0. The zero-order valence-corrected chi connectivity index (χ0v) is 14.8. The van der Waals surface area contributed by atoms with Gasteiger partial charge in [-0.1, -0.05) is 91.4 Å². The van der Waals surface area contributed by atoms with Crippen LogP contribution in [0.25, 0.3) is 0 Å². The average Bonchev–Trinajstić information content (AvgIpc) is 2.98. The van der Waals surface area contributed by atoms with Gasteiger partial charge in [0.2, 0.25) is 0 Å². The van der Waals surface area contributed by atoms with Gasteiger partial charge in [0.05, 0.1) is 0 Å². The van der Waals surface area contributed by atoms with Gasteiger partial charge in [-0.25, -0.2) is 0 Å². The van der Waals surface area contributed by atoms with Crippen LogP contribution in [0.1, 0.15) is 84.5 Å². The van der Waals surface area contributed by atoms with E-state index in [4.69, 9.17) is 0 Å². The SMILES string of the molecule is CCCCCCCP(CCCCCCC)C1=CC=CC1. The molecular formula is C19H35P. The minimum Gasteiger partial charge on any atom is -0.0801 e. The maximum absolute atomic E-state index is 2.42. The van der Waals surface area contributed by atoms with E-state index in [-0.39, 0.29) is 7.92 Å². The van der Waals surface area contributed by atoms with E-state index in [0.717, 1.165) is 0 Å². The van der Waals surface area contributed by atoms with Gasteiger partial charge in [-0.2, -0.15) is 0 Å². The topological polar surface area (TPSA) is 0 Å². The second kappa shape index (κ2) is 12.6. The Balaban J connectivity index is 2.18. The van der Waals surface area contributed by atoms with E-state index in [0.29, 0.717) is 0 Å². The molecule has 0 nitrogen and oxygen atoms in total. The summed E-state index contributed by atoms with van der Waals surface area (Å²) in [5.41, 5.74) is 0. The summed E-state index contributed by atoms with van der Waals surface area (Å²) in [6, 6.07) is 0. The maximum Gasteiger partial charge on any atom is -0.00899 e. The van der Waals surface area contributed by atoms with E-state index in [2.05, 4.69) is 32.1 Å². The molecule has 0 atom stereocenters. The van der Waals surface area contributed by atoms with Crippen LogP contribution < -0.4 is 0 Å². The van der Waals surface area contributed by atoms with Crippen molar-refractivity contribution in [3.8, 4) is 0 Å². The van der Waals surface area contributed by atoms with Gasteiger partial charge in [0.25, 0.3) is 0 Å². The zero-order valence-electron chi connectivity index (χ0n) is 13.9. The Bertz CT molecular complexity index is 263. The van der Waals surface area contributed by atoms with Crippen LogP contribution in [0.2, 0.25) is 0 Å². The minimum atomic E-state index is 0.195. The van der Waals surface area contributed by atoms with Crippen molar-refractivity contribution in [3.63, 3.8) is 0 Å². The summed E-state index contributed by atoms with van der Waals surface area (Å²) >= 11 is 0. The smallest absolute Gasteiger partial charge is 0.00899 e. The lowest BCUT2D eigenvalue weighted by Crippen LogP contribution is -1.94. The summed E-state index contributed by atoms with van der Waals surface area (Å²) in [4.78, 5) is 0. The molecule has 0 bridgehead atoms. The third kappa shape index (κ3) is 8.25. The highest BCUT2D eigenvalue weighted by atomic mass is 31.1. The molecule has 0 aromatic rings. The second-order valence-corrected chi connectivity index (χ2v) is 8.65. The van der Waals surface area contributed by atoms with Gasteiger partial charge in [0.1, 0.15) is 0 Å².